The maximum atomic E-state index is 13.5. The number of hydrogen-bond donors (Lipinski definition) is 1. The van der Waals surface area contributed by atoms with Gasteiger partial charge in [0.15, 0.2) is 0 Å². The molecule has 2 aromatic rings. The number of nitrogens with one attached hydrogen (secondary N) is 1. The third kappa shape index (κ3) is 3.81. The summed E-state index contributed by atoms with van der Waals surface area (Å²) in [6.45, 7) is 4.70. The van der Waals surface area contributed by atoms with Crippen LogP contribution in [0.2, 0.25) is 0 Å². The van der Waals surface area contributed by atoms with Gasteiger partial charge in [-0.15, -0.1) is 0 Å². The maximum Gasteiger partial charge on any atom is 0.340 e. The molecule has 3 nitrogen and oxygen atoms in total. The smallest absolute Gasteiger partial charge is 0.340 e. The molecule has 0 aromatic heterocycles. The first-order chi connectivity index (χ1) is 9.99. The van der Waals surface area contributed by atoms with Gasteiger partial charge in [-0.2, -0.15) is 0 Å². The number of aryl methyl sites for hydroxylation is 2. The second kappa shape index (κ2) is 6.39. The van der Waals surface area contributed by atoms with Gasteiger partial charge >= 0.3 is 5.97 Å². The first-order valence-corrected chi connectivity index (χ1v) is 6.68. The second-order valence-corrected chi connectivity index (χ2v) is 5.04. The van der Waals surface area contributed by atoms with E-state index in [1.807, 2.05) is 13.8 Å². The topological polar surface area (TPSA) is 38.3 Å². The number of ether oxygens (including phenoxy) is 1. The summed E-state index contributed by atoms with van der Waals surface area (Å²) in [4.78, 5) is 11.5. The maximum absolute atomic E-state index is 13.5. The lowest BCUT2D eigenvalue weighted by Gasteiger charge is -2.10. The lowest BCUT2D eigenvalue weighted by atomic mass is 10.1. The minimum absolute atomic E-state index is 0.0667. The number of rotatable bonds is 4. The molecule has 4 heteroatoms. The molecule has 0 amide bonds. The molecular weight excluding hydrogens is 269 g/mol. The predicted octanol–water partition coefficient (Wildman–Crippen LogP) is 3.84. The average Bonchev–Trinajstić information content (AvgIpc) is 2.44. The van der Waals surface area contributed by atoms with Crippen molar-refractivity contribution in [3.8, 4) is 0 Å². The molecule has 0 saturated heterocycles. The van der Waals surface area contributed by atoms with Gasteiger partial charge in [-0.05, 0) is 37.6 Å². The van der Waals surface area contributed by atoms with Gasteiger partial charge in [0.1, 0.15) is 5.82 Å². The van der Waals surface area contributed by atoms with Crippen molar-refractivity contribution in [2.75, 3.05) is 12.4 Å². The first-order valence-electron chi connectivity index (χ1n) is 6.68. The number of esters is 1. The van der Waals surface area contributed by atoms with E-state index in [9.17, 15) is 9.18 Å². The number of methoxy groups -OCH3 is 1. The van der Waals surface area contributed by atoms with Gasteiger partial charge in [0.05, 0.1) is 12.7 Å². The Morgan fingerprint density at radius 3 is 2.43 bits per heavy atom. The zero-order valence-electron chi connectivity index (χ0n) is 12.4. The Bertz CT molecular complexity index is 648. The zero-order chi connectivity index (χ0) is 15.4. The van der Waals surface area contributed by atoms with Crippen LogP contribution in [-0.4, -0.2) is 13.1 Å². The van der Waals surface area contributed by atoms with E-state index in [0.29, 0.717) is 12.2 Å². The van der Waals surface area contributed by atoms with E-state index in [-0.39, 0.29) is 5.56 Å². The lowest BCUT2D eigenvalue weighted by Crippen LogP contribution is -2.06. The van der Waals surface area contributed by atoms with Gasteiger partial charge in [-0.25, -0.2) is 9.18 Å². The molecule has 0 unspecified atom stereocenters. The van der Waals surface area contributed by atoms with Crippen molar-refractivity contribution in [2.24, 2.45) is 0 Å². The molecule has 110 valence electrons. The van der Waals surface area contributed by atoms with E-state index in [1.54, 1.807) is 6.07 Å². The summed E-state index contributed by atoms with van der Waals surface area (Å²) in [5.74, 6) is -1.26. The number of anilines is 1. The number of halogens is 1. The number of carbonyl (C=O) groups excluding carboxylic acids is 1. The molecule has 0 aliphatic rings. The number of hydrogen-bond acceptors (Lipinski definition) is 3. The second-order valence-electron chi connectivity index (χ2n) is 5.04. The summed E-state index contributed by atoms with van der Waals surface area (Å²) in [5, 5.41) is 3.19. The van der Waals surface area contributed by atoms with E-state index >= 15 is 0 Å². The van der Waals surface area contributed by atoms with Crippen LogP contribution < -0.4 is 5.32 Å². The van der Waals surface area contributed by atoms with Crippen molar-refractivity contribution in [3.05, 3.63) is 64.5 Å². The molecule has 2 aromatic carbocycles. The largest absolute Gasteiger partial charge is 0.465 e. The van der Waals surface area contributed by atoms with Gasteiger partial charge in [-0.1, -0.05) is 29.3 Å². The van der Waals surface area contributed by atoms with Crippen molar-refractivity contribution in [1.82, 2.24) is 0 Å². The van der Waals surface area contributed by atoms with Gasteiger partial charge in [0.25, 0.3) is 0 Å². The Balaban J connectivity index is 2.15. The van der Waals surface area contributed by atoms with E-state index in [2.05, 4.69) is 28.3 Å². The predicted molar refractivity (Wildman–Crippen MR) is 81.0 cm³/mol. The molecule has 0 atom stereocenters. The Morgan fingerprint density at radius 2 is 1.81 bits per heavy atom. The average molecular weight is 287 g/mol. The van der Waals surface area contributed by atoms with Crippen molar-refractivity contribution in [3.63, 3.8) is 0 Å². The monoisotopic (exact) mass is 287 g/mol. The summed E-state index contributed by atoms with van der Waals surface area (Å²) in [7, 11) is 1.23. The molecule has 0 spiro atoms. The Hall–Kier alpha value is -2.36. The quantitative estimate of drug-likeness (QED) is 0.868. The van der Waals surface area contributed by atoms with Gasteiger partial charge in [-0.3, -0.25) is 0 Å². The third-order valence-electron chi connectivity index (χ3n) is 3.15. The Morgan fingerprint density at radius 1 is 1.14 bits per heavy atom. The summed E-state index contributed by atoms with van der Waals surface area (Å²) in [6.07, 6.45) is 0. The molecule has 0 bridgehead atoms. The highest BCUT2D eigenvalue weighted by atomic mass is 19.1. The van der Waals surface area contributed by atoms with Crippen LogP contribution in [0.3, 0.4) is 0 Å². The summed E-state index contributed by atoms with van der Waals surface area (Å²) in [6, 6.07) is 10.6. The van der Waals surface area contributed by atoms with Crippen molar-refractivity contribution < 1.29 is 13.9 Å². The van der Waals surface area contributed by atoms with E-state index < -0.39 is 11.8 Å². The van der Waals surface area contributed by atoms with Crippen LogP contribution in [0.1, 0.15) is 27.0 Å². The summed E-state index contributed by atoms with van der Waals surface area (Å²) >= 11 is 0. The summed E-state index contributed by atoms with van der Waals surface area (Å²) < 4.78 is 18.1. The zero-order valence-corrected chi connectivity index (χ0v) is 12.4. The molecule has 0 aliphatic carbocycles. The molecule has 0 saturated carbocycles. The fourth-order valence-electron chi connectivity index (χ4n) is 2.28. The van der Waals surface area contributed by atoms with Gasteiger partial charge in [0, 0.05) is 12.2 Å². The first kappa shape index (κ1) is 15.0. The molecule has 21 heavy (non-hydrogen) atoms. The van der Waals surface area contributed by atoms with Crippen LogP contribution in [-0.2, 0) is 11.3 Å². The van der Waals surface area contributed by atoms with Crippen molar-refractivity contribution >= 4 is 11.7 Å². The standard InChI is InChI=1S/C17H18FNO2/c1-11-6-12(2)8-13(7-11)10-19-14-4-5-16(18)15(9-14)17(20)21-3/h4-9,19H,10H2,1-3H3. The molecule has 1 N–H and O–H groups in total. The number of benzene rings is 2. The van der Waals surface area contributed by atoms with Crippen LogP contribution in [0.4, 0.5) is 10.1 Å². The van der Waals surface area contributed by atoms with Crippen molar-refractivity contribution in [2.45, 2.75) is 20.4 Å². The molecule has 0 fully saturated rings. The molecular formula is C17H18FNO2. The highest BCUT2D eigenvalue weighted by molar-refractivity contribution is 5.90. The SMILES string of the molecule is COC(=O)c1cc(NCc2cc(C)cc(C)c2)ccc1F. The molecule has 0 aliphatic heterocycles. The number of carbonyl (C=O) groups is 1. The van der Waals surface area contributed by atoms with Crippen LogP contribution >= 0.6 is 0 Å². The highest BCUT2D eigenvalue weighted by Gasteiger charge is 2.12. The fraction of sp³-hybridized carbons (Fsp3) is 0.235. The minimum Gasteiger partial charge on any atom is -0.465 e. The normalized spacial score (nSPS) is 10.3. The third-order valence-corrected chi connectivity index (χ3v) is 3.15. The Kier molecular flexibility index (Phi) is 4.58. The van der Waals surface area contributed by atoms with E-state index in [0.717, 1.165) is 5.56 Å². The minimum atomic E-state index is -0.678. The van der Waals surface area contributed by atoms with Crippen LogP contribution in [0.15, 0.2) is 36.4 Å². The molecule has 2 rings (SSSR count). The summed E-state index contributed by atoms with van der Waals surface area (Å²) in [5.41, 5.74) is 4.14. The Labute approximate surface area is 123 Å². The van der Waals surface area contributed by atoms with Crippen LogP contribution in [0, 0.1) is 19.7 Å². The van der Waals surface area contributed by atoms with Crippen LogP contribution in [0.25, 0.3) is 0 Å². The molecule has 0 heterocycles. The lowest BCUT2D eigenvalue weighted by molar-refractivity contribution is 0.0595. The van der Waals surface area contributed by atoms with Crippen molar-refractivity contribution in [1.29, 1.82) is 0 Å². The fourth-order valence-corrected chi connectivity index (χ4v) is 2.28. The van der Waals surface area contributed by atoms with Crippen LogP contribution in [0.5, 0.6) is 0 Å². The van der Waals surface area contributed by atoms with E-state index in [4.69, 9.17) is 0 Å². The molecule has 0 radical (unpaired) electrons. The van der Waals surface area contributed by atoms with E-state index in [1.165, 1.54) is 30.4 Å². The van der Waals surface area contributed by atoms with Gasteiger partial charge < -0.3 is 10.1 Å². The van der Waals surface area contributed by atoms with Gasteiger partial charge in [0.2, 0.25) is 0 Å². The highest BCUT2D eigenvalue weighted by Crippen LogP contribution is 2.17.